The highest BCUT2D eigenvalue weighted by atomic mass is 16.1. The second-order valence-corrected chi connectivity index (χ2v) is 4.74. The van der Waals surface area contributed by atoms with E-state index in [-0.39, 0.29) is 0 Å². The van der Waals surface area contributed by atoms with Gasteiger partial charge in [0.05, 0.1) is 0 Å². The van der Waals surface area contributed by atoms with Crippen LogP contribution in [-0.4, -0.2) is 30.3 Å². The molecule has 0 aromatic heterocycles. The van der Waals surface area contributed by atoms with Gasteiger partial charge in [-0.2, -0.15) is 0 Å². The molecule has 0 atom stereocenters. The average molecular weight is 207 g/mol. The van der Waals surface area contributed by atoms with Crippen LogP contribution in [0.25, 0.3) is 0 Å². The maximum Gasteiger partial charge on any atom is 0.135 e. The summed E-state index contributed by atoms with van der Waals surface area (Å²) in [6.45, 7) is 3.15. The zero-order valence-corrected chi connectivity index (χ0v) is 9.50. The number of likely N-dealkylation sites (tertiary alicyclic amines) is 1. The molecule has 1 fully saturated rings. The third-order valence-electron chi connectivity index (χ3n) is 3.55. The Bertz CT molecular complexity index is 247. The number of hydrogen-bond donors (Lipinski definition) is 0. The fourth-order valence-corrected chi connectivity index (χ4v) is 2.46. The molecule has 0 amide bonds. The molecule has 84 valence electrons. The molecule has 0 N–H and O–H groups in total. The highest BCUT2D eigenvalue weighted by molar-refractivity contribution is 5.79. The van der Waals surface area contributed by atoms with E-state index in [4.69, 9.17) is 0 Å². The Morgan fingerprint density at radius 3 is 2.60 bits per heavy atom. The predicted octanol–water partition coefficient (Wildman–Crippen LogP) is 2.54. The Kier molecular flexibility index (Phi) is 3.95. The van der Waals surface area contributed by atoms with Crippen LogP contribution in [0.4, 0.5) is 0 Å². The Morgan fingerprint density at radius 1 is 1.13 bits per heavy atom. The molecule has 0 saturated carbocycles. The zero-order chi connectivity index (χ0) is 10.5. The fraction of sp³-hybridized carbons (Fsp3) is 0.769. The van der Waals surface area contributed by atoms with Crippen molar-refractivity contribution in [1.82, 2.24) is 4.90 Å². The fourth-order valence-electron chi connectivity index (χ4n) is 2.46. The summed E-state index contributed by atoms with van der Waals surface area (Å²) in [4.78, 5) is 13.5. The van der Waals surface area contributed by atoms with Gasteiger partial charge in [-0.25, -0.2) is 0 Å². The van der Waals surface area contributed by atoms with Crippen LogP contribution in [-0.2, 0) is 4.79 Å². The predicted molar refractivity (Wildman–Crippen MR) is 61.8 cm³/mol. The van der Waals surface area contributed by atoms with Crippen LogP contribution in [0.15, 0.2) is 11.6 Å². The largest absolute Gasteiger partial charge is 0.302 e. The van der Waals surface area contributed by atoms with Crippen LogP contribution >= 0.6 is 0 Å². The van der Waals surface area contributed by atoms with Crippen LogP contribution in [0.1, 0.15) is 44.9 Å². The van der Waals surface area contributed by atoms with Crippen molar-refractivity contribution in [1.29, 1.82) is 0 Å². The molecule has 1 aliphatic carbocycles. The van der Waals surface area contributed by atoms with Gasteiger partial charge in [-0.15, -0.1) is 0 Å². The van der Waals surface area contributed by atoms with Gasteiger partial charge in [0.25, 0.3) is 0 Å². The number of carbonyl (C=O) groups excluding carboxylic acids is 1. The molecule has 0 bridgehead atoms. The Morgan fingerprint density at radius 2 is 1.93 bits per heavy atom. The van der Waals surface area contributed by atoms with E-state index in [2.05, 4.69) is 11.0 Å². The van der Waals surface area contributed by atoms with Gasteiger partial charge in [-0.3, -0.25) is 4.79 Å². The SMILES string of the molecule is O=C1CCN(CCC2=CCCCC2)CC1. The van der Waals surface area contributed by atoms with Crippen molar-refractivity contribution < 1.29 is 4.79 Å². The lowest BCUT2D eigenvalue weighted by molar-refractivity contribution is -0.121. The molecule has 0 aromatic rings. The number of Topliss-reactive ketones (excluding diaryl/α,β-unsaturated/α-hetero) is 1. The molecular formula is C13H21NO. The molecule has 1 heterocycles. The van der Waals surface area contributed by atoms with E-state index in [1.54, 1.807) is 5.57 Å². The van der Waals surface area contributed by atoms with E-state index in [9.17, 15) is 4.79 Å². The minimum atomic E-state index is 0.447. The van der Waals surface area contributed by atoms with Crippen LogP contribution in [0, 0.1) is 0 Å². The molecule has 2 heteroatoms. The molecule has 2 aliphatic rings. The quantitative estimate of drug-likeness (QED) is 0.663. The first kappa shape index (κ1) is 10.9. The summed E-state index contributed by atoms with van der Waals surface area (Å²) < 4.78 is 0. The van der Waals surface area contributed by atoms with Gasteiger partial charge in [-0.05, 0) is 32.1 Å². The van der Waals surface area contributed by atoms with E-state index in [0.29, 0.717) is 5.78 Å². The van der Waals surface area contributed by atoms with Crippen LogP contribution < -0.4 is 0 Å². The normalized spacial score (nSPS) is 24.0. The summed E-state index contributed by atoms with van der Waals surface area (Å²) in [5, 5.41) is 0. The van der Waals surface area contributed by atoms with E-state index >= 15 is 0 Å². The first-order valence-electron chi connectivity index (χ1n) is 6.26. The number of allylic oxidation sites excluding steroid dienone is 1. The minimum Gasteiger partial charge on any atom is -0.302 e. The highest BCUT2D eigenvalue weighted by Crippen LogP contribution is 2.20. The Labute approximate surface area is 92.3 Å². The highest BCUT2D eigenvalue weighted by Gasteiger charge is 2.15. The molecule has 15 heavy (non-hydrogen) atoms. The van der Waals surface area contributed by atoms with Gasteiger partial charge in [0.15, 0.2) is 0 Å². The molecular weight excluding hydrogens is 186 g/mol. The van der Waals surface area contributed by atoms with Crippen molar-refractivity contribution in [2.24, 2.45) is 0 Å². The van der Waals surface area contributed by atoms with E-state index in [0.717, 1.165) is 25.9 Å². The van der Waals surface area contributed by atoms with Crippen molar-refractivity contribution >= 4 is 5.78 Å². The summed E-state index contributed by atoms with van der Waals surface area (Å²) in [5.74, 6) is 0.447. The van der Waals surface area contributed by atoms with E-state index in [1.807, 2.05) is 0 Å². The molecule has 1 aliphatic heterocycles. The summed E-state index contributed by atoms with van der Waals surface area (Å²) in [6, 6.07) is 0. The molecule has 0 radical (unpaired) electrons. The Balaban J connectivity index is 1.69. The lowest BCUT2D eigenvalue weighted by Gasteiger charge is -2.26. The standard InChI is InChI=1S/C13H21NO/c15-13-7-10-14(11-8-13)9-6-12-4-2-1-3-5-12/h4H,1-3,5-11H2. The van der Waals surface area contributed by atoms with Gasteiger partial charge in [-0.1, -0.05) is 11.6 Å². The minimum absolute atomic E-state index is 0.447. The summed E-state index contributed by atoms with van der Waals surface area (Å²) in [7, 11) is 0. The number of carbonyl (C=O) groups is 1. The van der Waals surface area contributed by atoms with Gasteiger partial charge < -0.3 is 4.90 Å². The molecule has 0 spiro atoms. The average Bonchev–Trinajstić information content (AvgIpc) is 2.30. The van der Waals surface area contributed by atoms with Crippen molar-refractivity contribution in [2.75, 3.05) is 19.6 Å². The summed E-state index contributed by atoms with van der Waals surface area (Å²) in [5.41, 5.74) is 1.65. The van der Waals surface area contributed by atoms with E-state index < -0.39 is 0 Å². The van der Waals surface area contributed by atoms with Crippen LogP contribution in [0.3, 0.4) is 0 Å². The maximum absolute atomic E-state index is 11.1. The molecule has 0 aromatic carbocycles. The first-order chi connectivity index (χ1) is 7.34. The van der Waals surface area contributed by atoms with Gasteiger partial charge in [0.1, 0.15) is 5.78 Å². The second-order valence-electron chi connectivity index (χ2n) is 4.74. The van der Waals surface area contributed by atoms with Crippen LogP contribution in [0.5, 0.6) is 0 Å². The lowest BCUT2D eigenvalue weighted by atomic mass is 9.97. The molecule has 2 rings (SSSR count). The maximum atomic E-state index is 11.1. The zero-order valence-electron chi connectivity index (χ0n) is 9.50. The monoisotopic (exact) mass is 207 g/mol. The number of hydrogen-bond acceptors (Lipinski definition) is 2. The third-order valence-corrected chi connectivity index (χ3v) is 3.55. The van der Waals surface area contributed by atoms with Gasteiger partial charge in [0.2, 0.25) is 0 Å². The number of ketones is 1. The summed E-state index contributed by atoms with van der Waals surface area (Å²) in [6.07, 6.45) is 10.6. The van der Waals surface area contributed by atoms with E-state index in [1.165, 1.54) is 38.6 Å². The van der Waals surface area contributed by atoms with Crippen molar-refractivity contribution in [3.63, 3.8) is 0 Å². The van der Waals surface area contributed by atoms with Gasteiger partial charge in [0, 0.05) is 32.5 Å². The third kappa shape index (κ3) is 3.45. The molecule has 1 saturated heterocycles. The van der Waals surface area contributed by atoms with Crippen molar-refractivity contribution in [3.05, 3.63) is 11.6 Å². The topological polar surface area (TPSA) is 20.3 Å². The number of rotatable bonds is 3. The number of nitrogens with zero attached hydrogens (tertiary/aromatic N) is 1. The smallest absolute Gasteiger partial charge is 0.135 e. The molecule has 2 nitrogen and oxygen atoms in total. The second kappa shape index (κ2) is 5.45. The Hall–Kier alpha value is -0.630. The van der Waals surface area contributed by atoms with Crippen molar-refractivity contribution in [2.45, 2.75) is 44.9 Å². The lowest BCUT2D eigenvalue weighted by Crippen LogP contribution is -2.34. The first-order valence-corrected chi connectivity index (χ1v) is 6.26. The number of piperidine rings is 1. The van der Waals surface area contributed by atoms with Crippen LogP contribution in [0.2, 0.25) is 0 Å². The molecule has 0 unspecified atom stereocenters. The summed E-state index contributed by atoms with van der Waals surface area (Å²) >= 11 is 0. The van der Waals surface area contributed by atoms with Gasteiger partial charge >= 0.3 is 0 Å². The van der Waals surface area contributed by atoms with Crippen molar-refractivity contribution in [3.8, 4) is 0 Å².